The Morgan fingerprint density at radius 2 is 1.96 bits per heavy atom. The van der Waals surface area contributed by atoms with E-state index in [2.05, 4.69) is 5.32 Å². The first-order valence-electron chi connectivity index (χ1n) is 8.37. The summed E-state index contributed by atoms with van der Waals surface area (Å²) in [4.78, 5) is 25.3. The first kappa shape index (κ1) is 18.0. The predicted octanol–water partition coefficient (Wildman–Crippen LogP) is 0.743. The van der Waals surface area contributed by atoms with Gasteiger partial charge in [-0.3, -0.25) is 9.59 Å². The largest absolute Gasteiger partial charge is 0.466 e. The molecule has 1 fully saturated rings. The van der Waals surface area contributed by atoms with E-state index in [-0.39, 0.29) is 23.8 Å². The van der Waals surface area contributed by atoms with Crippen molar-refractivity contribution in [2.24, 2.45) is 5.92 Å². The number of carbonyl (C=O) groups is 2. The smallest absolute Gasteiger partial charge is 0.309 e. The van der Waals surface area contributed by atoms with Crippen LogP contribution in [-0.4, -0.2) is 37.6 Å². The summed E-state index contributed by atoms with van der Waals surface area (Å²) in [6.45, 7) is 5.69. The Labute approximate surface area is 142 Å². The second kappa shape index (κ2) is 8.46. The Morgan fingerprint density at radius 3 is 2.50 bits per heavy atom. The number of carbonyl (C=O) groups excluding carboxylic acids is 2. The van der Waals surface area contributed by atoms with Crippen LogP contribution in [0.4, 0.5) is 5.69 Å². The second-order valence-electron chi connectivity index (χ2n) is 6.08. The molecule has 0 aliphatic carbocycles. The van der Waals surface area contributed by atoms with Crippen LogP contribution in [0.1, 0.15) is 32.3 Å². The number of benzene rings is 1. The van der Waals surface area contributed by atoms with Gasteiger partial charge in [-0.1, -0.05) is 0 Å². The number of rotatable bonds is 5. The van der Waals surface area contributed by atoms with Crippen molar-refractivity contribution in [1.29, 1.82) is 5.26 Å². The SMILES string of the molecule is CCOC(=O)C1CC[NH+]([C@@H](C)C(=O)Nc2ccc(C#N)cc2)CC1. The third kappa shape index (κ3) is 4.56. The minimum Gasteiger partial charge on any atom is -0.466 e. The zero-order chi connectivity index (χ0) is 17.5. The van der Waals surface area contributed by atoms with Gasteiger partial charge in [-0.05, 0) is 38.1 Å². The standard InChI is InChI=1S/C18H23N3O3/c1-3-24-18(23)15-8-10-21(11-9-15)13(2)17(22)20-16-6-4-14(12-19)5-7-16/h4-7,13,15H,3,8-11H2,1-2H3,(H,20,22)/p+1/t13-/m0/s1. The van der Waals surface area contributed by atoms with Crippen molar-refractivity contribution in [3.63, 3.8) is 0 Å². The molecule has 0 saturated carbocycles. The van der Waals surface area contributed by atoms with Crippen LogP contribution in [0.2, 0.25) is 0 Å². The average Bonchev–Trinajstić information content (AvgIpc) is 2.62. The molecule has 1 amide bonds. The maximum Gasteiger partial charge on any atom is 0.309 e. The molecule has 6 heteroatoms. The number of amides is 1. The van der Waals surface area contributed by atoms with Crippen LogP contribution in [0.5, 0.6) is 0 Å². The van der Waals surface area contributed by atoms with Crippen LogP contribution in [0.25, 0.3) is 0 Å². The number of likely N-dealkylation sites (tertiary alicyclic amines) is 1. The highest BCUT2D eigenvalue weighted by Crippen LogP contribution is 2.12. The summed E-state index contributed by atoms with van der Waals surface area (Å²) in [7, 11) is 0. The maximum atomic E-state index is 12.4. The molecule has 1 aromatic rings. The Bertz CT molecular complexity index is 613. The molecule has 0 bridgehead atoms. The zero-order valence-electron chi connectivity index (χ0n) is 14.2. The molecule has 24 heavy (non-hydrogen) atoms. The van der Waals surface area contributed by atoms with E-state index < -0.39 is 0 Å². The number of ether oxygens (including phenoxy) is 1. The summed E-state index contributed by atoms with van der Waals surface area (Å²) >= 11 is 0. The molecule has 1 heterocycles. The molecule has 1 atom stereocenters. The van der Waals surface area contributed by atoms with Gasteiger partial charge in [-0.2, -0.15) is 5.26 Å². The molecule has 1 aliphatic rings. The number of esters is 1. The van der Waals surface area contributed by atoms with Crippen LogP contribution in [-0.2, 0) is 14.3 Å². The lowest BCUT2D eigenvalue weighted by molar-refractivity contribution is -0.919. The van der Waals surface area contributed by atoms with Crippen molar-refractivity contribution in [3.8, 4) is 6.07 Å². The van der Waals surface area contributed by atoms with Crippen molar-refractivity contribution >= 4 is 17.6 Å². The van der Waals surface area contributed by atoms with Crippen molar-refractivity contribution in [2.75, 3.05) is 25.0 Å². The van der Waals surface area contributed by atoms with Crippen LogP contribution in [0.15, 0.2) is 24.3 Å². The molecule has 1 aliphatic heterocycles. The van der Waals surface area contributed by atoms with Gasteiger partial charge in [0.15, 0.2) is 6.04 Å². The predicted molar refractivity (Wildman–Crippen MR) is 89.3 cm³/mol. The van der Waals surface area contributed by atoms with Crippen LogP contribution in [0, 0.1) is 17.2 Å². The van der Waals surface area contributed by atoms with E-state index in [4.69, 9.17) is 10.00 Å². The lowest BCUT2D eigenvalue weighted by Gasteiger charge is -2.31. The Balaban J connectivity index is 1.85. The number of piperidine rings is 1. The van der Waals surface area contributed by atoms with Crippen LogP contribution < -0.4 is 10.2 Å². The molecule has 1 aromatic carbocycles. The first-order valence-corrected chi connectivity index (χ1v) is 8.37. The summed E-state index contributed by atoms with van der Waals surface area (Å²) < 4.78 is 5.07. The second-order valence-corrected chi connectivity index (χ2v) is 6.08. The molecular weight excluding hydrogens is 306 g/mol. The lowest BCUT2D eigenvalue weighted by Crippen LogP contribution is -3.17. The molecule has 128 valence electrons. The fraction of sp³-hybridized carbons (Fsp3) is 0.500. The minimum absolute atomic E-state index is 0.0394. The fourth-order valence-corrected chi connectivity index (χ4v) is 2.98. The van der Waals surface area contributed by atoms with E-state index in [9.17, 15) is 9.59 Å². The monoisotopic (exact) mass is 330 g/mol. The summed E-state index contributed by atoms with van der Waals surface area (Å²) in [6, 6.07) is 8.67. The van der Waals surface area contributed by atoms with E-state index in [1.165, 1.54) is 4.90 Å². The number of nitriles is 1. The van der Waals surface area contributed by atoms with E-state index in [1.54, 1.807) is 24.3 Å². The molecule has 0 radical (unpaired) electrons. The quantitative estimate of drug-likeness (QED) is 0.780. The Hall–Kier alpha value is -2.39. The number of hydrogen-bond donors (Lipinski definition) is 2. The fourth-order valence-electron chi connectivity index (χ4n) is 2.98. The van der Waals surface area contributed by atoms with E-state index >= 15 is 0 Å². The molecule has 2 N–H and O–H groups in total. The van der Waals surface area contributed by atoms with Gasteiger partial charge < -0.3 is 15.0 Å². The molecule has 0 aromatic heterocycles. The number of hydrogen-bond acceptors (Lipinski definition) is 4. The van der Waals surface area contributed by atoms with Gasteiger partial charge in [-0.15, -0.1) is 0 Å². The van der Waals surface area contributed by atoms with Gasteiger partial charge in [0.25, 0.3) is 5.91 Å². The van der Waals surface area contributed by atoms with Gasteiger partial charge in [0, 0.05) is 18.5 Å². The minimum atomic E-state index is -0.191. The molecular formula is C18H24N3O3+. The molecule has 0 spiro atoms. The van der Waals surface area contributed by atoms with E-state index in [0.29, 0.717) is 17.9 Å². The first-order chi connectivity index (χ1) is 11.5. The third-order valence-electron chi connectivity index (χ3n) is 4.53. The molecule has 0 unspecified atom stereocenters. The Morgan fingerprint density at radius 1 is 1.33 bits per heavy atom. The number of nitrogens with zero attached hydrogens (tertiary/aromatic N) is 1. The van der Waals surface area contributed by atoms with Crippen LogP contribution >= 0.6 is 0 Å². The summed E-state index contributed by atoms with van der Waals surface area (Å²) in [6.07, 6.45) is 1.51. The van der Waals surface area contributed by atoms with E-state index in [0.717, 1.165) is 25.9 Å². The summed E-state index contributed by atoms with van der Waals surface area (Å²) in [5.41, 5.74) is 1.25. The van der Waals surface area contributed by atoms with Crippen LogP contribution in [0.3, 0.4) is 0 Å². The molecule has 6 nitrogen and oxygen atoms in total. The van der Waals surface area contributed by atoms with Gasteiger partial charge in [0.1, 0.15) is 0 Å². The maximum absolute atomic E-state index is 12.4. The topological polar surface area (TPSA) is 83.6 Å². The normalized spacial score (nSPS) is 21.4. The number of quaternary nitrogens is 1. The highest BCUT2D eigenvalue weighted by atomic mass is 16.5. The molecule has 1 saturated heterocycles. The highest BCUT2D eigenvalue weighted by molar-refractivity contribution is 5.93. The lowest BCUT2D eigenvalue weighted by atomic mass is 9.96. The summed E-state index contributed by atoms with van der Waals surface area (Å²) in [5.74, 6) is -0.210. The molecule has 2 rings (SSSR count). The zero-order valence-corrected chi connectivity index (χ0v) is 14.2. The van der Waals surface area contributed by atoms with E-state index in [1.807, 2.05) is 19.9 Å². The number of nitrogens with one attached hydrogen (secondary N) is 2. The van der Waals surface area contributed by atoms with Crippen molar-refractivity contribution in [2.45, 2.75) is 32.7 Å². The van der Waals surface area contributed by atoms with Crippen molar-refractivity contribution in [3.05, 3.63) is 29.8 Å². The Kier molecular flexibility index (Phi) is 6.33. The highest BCUT2D eigenvalue weighted by Gasteiger charge is 2.33. The average molecular weight is 330 g/mol. The van der Waals surface area contributed by atoms with Gasteiger partial charge in [-0.25, -0.2) is 0 Å². The number of anilines is 1. The van der Waals surface area contributed by atoms with Gasteiger partial charge in [0.2, 0.25) is 0 Å². The third-order valence-corrected chi connectivity index (χ3v) is 4.53. The summed E-state index contributed by atoms with van der Waals surface area (Å²) in [5, 5.41) is 11.7. The van der Waals surface area contributed by atoms with Gasteiger partial charge in [0.05, 0.1) is 37.2 Å². The van der Waals surface area contributed by atoms with Crippen molar-refractivity contribution in [1.82, 2.24) is 0 Å². The van der Waals surface area contributed by atoms with Gasteiger partial charge >= 0.3 is 5.97 Å². The van der Waals surface area contributed by atoms with Crippen molar-refractivity contribution < 1.29 is 19.2 Å².